The van der Waals surface area contributed by atoms with Crippen LogP contribution in [0.2, 0.25) is 10.0 Å². The minimum absolute atomic E-state index is 0. The van der Waals surface area contributed by atoms with E-state index >= 15 is 0 Å². The second-order valence-corrected chi connectivity index (χ2v) is 11.8. The van der Waals surface area contributed by atoms with Crippen molar-refractivity contribution in [1.82, 2.24) is 0 Å². The molecule has 0 aliphatic carbocycles. The maximum atomic E-state index is 11.3. The summed E-state index contributed by atoms with van der Waals surface area (Å²) in [4.78, 5) is -0.690. The Morgan fingerprint density at radius 3 is 1.12 bits per heavy atom. The first-order valence-corrected chi connectivity index (χ1v) is 14.5. The summed E-state index contributed by atoms with van der Waals surface area (Å²) in [6, 6.07) is 22.8. The minimum Gasteiger partial charge on any atom is -0.744 e. The molecule has 0 saturated carbocycles. The van der Waals surface area contributed by atoms with E-state index in [1.807, 2.05) is 48.5 Å². The number of rotatable bonds is 7. The Kier molecular flexibility index (Phi) is 12.9. The summed E-state index contributed by atoms with van der Waals surface area (Å²) in [6.07, 6.45) is 6.81. The van der Waals surface area contributed by atoms with Crippen molar-refractivity contribution in [1.29, 1.82) is 0 Å². The van der Waals surface area contributed by atoms with E-state index in [0.29, 0.717) is 21.2 Å². The van der Waals surface area contributed by atoms with Gasteiger partial charge in [0.25, 0.3) is 0 Å². The van der Waals surface area contributed by atoms with Crippen molar-refractivity contribution in [3.63, 3.8) is 0 Å². The number of hydrogen-bond acceptors (Lipinski definition) is 6. The fourth-order valence-corrected chi connectivity index (χ4v) is 4.93. The van der Waals surface area contributed by atoms with Crippen LogP contribution < -0.4 is 59.1 Å². The van der Waals surface area contributed by atoms with E-state index in [2.05, 4.69) is 0 Å². The average molecular weight is 631 g/mol. The summed E-state index contributed by atoms with van der Waals surface area (Å²) in [5.41, 5.74) is 4.45. The molecule has 6 nitrogen and oxygen atoms in total. The molecule has 0 N–H and O–H groups in total. The molecule has 0 aliphatic heterocycles. The molecule has 0 fully saturated rings. The molecule has 194 valence electrons. The van der Waals surface area contributed by atoms with Gasteiger partial charge >= 0.3 is 59.1 Å². The van der Waals surface area contributed by atoms with Gasteiger partial charge in [-0.1, -0.05) is 96.0 Å². The van der Waals surface area contributed by atoms with Gasteiger partial charge in [0.15, 0.2) is 0 Å². The van der Waals surface area contributed by atoms with Gasteiger partial charge in [0.1, 0.15) is 20.2 Å². The van der Waals surface area contributed by atoms with Gasteiger partial charge in [-0.15, -0.1) is 0 Å². The van der Waals surface area contributed by atoms with Crippen LogP contribution in [-0.2, 0) is 20.2 Å². The van der Waals surface area contributed by atoms with E-state index in [9.17, 15) is 25.9 Å². The first-order valence-electron chi connectivity index (χ1n) is 11.0. The monoisotopic (exact) mass is 630 g/mol. The molecule has 0 aromatic heterocycles. The largest absolute Gasteiger partial charge is 1.00 e. The Balaban J connectivity index is 0.00000280. The molecule has 0 amide bonds. The topological polar surface area (TPSA) is 114 Å². The standard InChI is InChI=1S/C28H20Cl2O6S2.2Na/c29-27-15-13-25(37(31,32)33)17-23(27)11-5-19-1-7-21(8-2-19)22-9-3-20(4-10-22)6-12-24-18-26(38(34,35)36)14-16-28(24)30;;/h1-18H,(H,31,32,33)(H,34,35,36);;/q;2*+1/p-2. The van der Waals surface area contributed by atoms with E-state index in [1.54, 1.807) is 24.3 Å². The molecule has 12 heteroatoms. The van der Waals surface area contributed by atoms with Crippen molar-refractivity contribution in [2.45, 2.75) is 9.79 Å². The van der Waals surface area contributed by atoms with Crippen LogP contribution in [0.1, 0.15) is 22.3 Å². The predicted octanol–water partition coefficient (Wildman–Crippen LogP) is 0.817. The SMILES string of the molecule is O=S(=O)([O-])c1ccc(Cl)c(C=Cc2ccc(-c3ccc(C=Cc4cc(S(=O)(=O)[O-])ccc4Cl)cc3)cc2)c1.[Na+].[Na+]. The summed E-state index contributed by atoms with van der Waals surface area (Å²) in [5.74, 6) is 0. The first kappa shape index (κ1) is 35.0. The normalized spacial score (nSPS) is 11.8. The van der Waals surface area contributed by atoms with Gasteiger partial charge in [0, 0.05) is 10.0 Å². The first-order chi connectivity index (χ1) is 17.9. The Labute approximate surface area is 287 Å². The molecule has 4 aromatic rings. The van der Waals surface area contributed by atoms with Crippen LogP contribution in [0.3, 0.4) is 0 Å². The second kappa shape index (κ2) is 14.8. The van der Waals surface area contributed by atoms with Crippen LogP contribution in [-0.4, -0.2) is 25.9 Å². The molecule has 0 unspecified atom stereocenters. The third kappa shape index (κ3) is 9.39. The summed E-state index contributed by atoms with van der Waals surface area (Å²) < 4.78 is 67.6. The van der Waals surface area contributed by atoms with Gasteiger partial charge in [-0.2, -0.15) is 0 Å². The zero-order chi connectivity index (χ0) is 27.5. The number of benzene rings is 4. The third-order valence-corrected chi connectivity index (χ3v) is 7.93. The molecule has 0 atom stereocenters. The van der Waals surface area contributed by atoms with Crippen LogP contribution in [0, 0.1) is 0 Å². The molecule has 0 spiro atoms. The smallest absolute Gasteiger partial charge is 0.744 e. The predicted molar refractivity (Wildman–Crippen MR) is 149 cm³/mol. The average Bonchev–Trinajstić information content (AvgIpc) is 2.87. The molecular weight excluding hydrogens is 613 g/mol. The number of halogens is 2. The van der Waals surface area contributed by atoms with Crippen LogP contribution >= 0.6 is 23.2 Å². The second-order valence-electron chi connectivity index (χ2n) is 8.19. The maximum Gasteiger partial charge on any atom is 1.00 e. The third-order valence-electron chi connectivity index (χ3n) is 5.58. The van der Waals surface area contributed by atoms with E-state index in [4.69, 9.17) is 23.2 Å². The molecule has 0 heterocycles. The maximum absolute atomic E-state index is 11.3. The fraction of sp³-hybridized carbons (Fsp3) is 0. The summed E-state index contributed by atoms with van der Waals surface area (Å²) >= 11 is 12.2. The molecule has 4 aromatic carbocycles. The summed E-state index contributed by atoms with van der Waals surface area (Å²) in [7, 11) is -9.15. The van der Waals surface area contributed by atoms with Gasteiger partial charge < -0.3 is 9.11 Å². The van der Waals surface area contributed by atoms with Crippen LogP contribution in [0.15, 0.2) is 94.7 Å². The van der Waals surface area contributed by atoms with E-state index in [-0.39, 0.29) is 68.9 Å². The molecule has 0 saturated heterocycles. The van der Waals surface area contributed by atoms with Gasteiger partial charge in [0.2, 0.25) is 0 Å². The van der Waals surface area contributed by atoms with E-state index < -0.39 is 20.2 Å². The molecule has 40 heavy (non-hydrogen) atoms. The Bertz CT molecular complexity index is 1640. The van der Waals surface area contributed by atoms with E-state index in [0.717, 1.165) is 22.3 Å². The van der Waals surface area contributed by atoms with Crippen molar-refractivity contribution >= 4 is 67.7 Å². The van der Waals surface area contributed by atoms with Gasteiger partial charge in [-0.25, -0.2) is 16.8 Å². The molecule has 0 bridgehead atoms. The van der Waals surface area contributed by atoms with Crippen LogP contribution in [0.4, 0.5) is 0 Å². The van der Waals surface area contributed by atoms with Gasteiger partial charge in [0.05, 0.1) is 9.79 Å². The Hall–Kier alpha value is -1.24. The molecular formula is C28H18Cl2Na2O6S2. The van der Waals surface area contributed by atoms with Crippen LogP contribution in [0.25, 0.3) is 35.4 Å². The zero-order valence-electron chi connectivity index (χ0n) is 21.4. The molecule has 0 aliphatic rings. The summed E-state index contributed by atoms with van der Waals surface area (Å²) in [6.45, 7) is 0. The zero-order valence-corrected chi connectivity index (χ0v) is 28.6. The van der Waals surface area contributed by atoms with Crippen molar-refractivity contribution in [3.8, 4) is 11.1 Å². The van der Waals surface area contributed by atoms with Crippen molar-refractivity contribution in [2.24, 2.45) is 0 Å². The minimum atomic E-state index is -4.58. The number of hydrogen-bond donors (Lipinski definition) is 0. The molecule has 0 radical (unpaired) electrons. The van der Waals surface area contributed by atoms with Crippen LogP contribution in [0.5, 0.6) is 0 Å². The van der Waals surface area contributed by atoms with Crippen molar-refractivity contribution in [2.75, 3.05) is 0 Å². The fourth-order valence-electron chi connectivity index (χ4n) is 3.56. The van der Waals surface area contributed by atoms with Gasteiger partial charge in [-0.3, -0.25) is 0 Å². The Morgan fingerprint density at radius 1 is 0.500 bits per heavy atom. The summed E-state index contributed by atoms with van der Waals surface area (Å²) in [5, 5.41) is 0.648. The van der Waals surface area contributed by atoms with Gasteiger partial charge in [-0.05, 0) is 69.8 Å². The van der Waals surface area contributed by atoms with Crippen molar-refractivity contribution in [3.05, 3.63) is 117 Å². The van der Waals surface area contributed by atoms with E-state index in [1.165, 1.54) is 36.4 Å². The molecule has 4 rings (SSSR count). The van der Waals surface area contributed by atoms with Crippen molar-refractivity contribution < 1.29 is 85.1 Å². The quantitative estimate of drug-likeness (QED) is 0.170. The Morgan fingerprint density at radius 2 is 0.825 bits per heavy atom.